The van der Waals surface area contributed by atoms with E-state index < -0.39 is 0 Å². The van der Waals surface area contributed by atoms with Gasteiger partial charge in [0.2, 0.25) is 0 Å². The Morgan fingerprint density at radius 3 is 2.64 bits per heavy atom. The van der Waals surface area contributed by atoms with E-state index in [9.17, 15) is 4.79 Å². The molecular formula is C21H30O. The van der Waals surface area contributed by atoms with E-state index in [-0.39, 0.29) is 5.41 Å². The van der Waals surface area contributed by atoms with Crippen LogP contribution in [0.1, 0.15) is 71.6 Å². The Labute approximate surface area is 135 Å². The third-order valence-electron chi connectivity index (χ3n) is 8.61. The van der Waals surface area contributed by atoms with Crippen LogP contribution in [-0.2, 0) is 4.79 Å². The number of fused-ring (bicyclic) bond motifs is 5. The van der Waals surface area contributed by atoms with Gasteiger partial charge in [-0.15, -0.1) is 12.3 Å². The molecule has 0 amide bonds. The van der Waals surface area contributed by atoms with Crippen molar-refractivity contribution >= 4 is 5.78 Å². The fourth-order valence-electron chi connectivity index (χ4n) is 7.18. The van der Waals surface area contributed by atoms with Crippen molar-refractivity contribution in [1.29, 1.82) is 0 Å². The summed E-state index contributed by atoms with van der Waals surface area (Å²) < 4.78 is 0. The molecule has 1 heteroatoms. The second-order valence-electron chi connectivity index (χ2n) is 9.21. The fraction of sp³-hybridized carbons (Fsp3) is 0.857. The van der Waals surface area contributed by atoms with Gasteiger partial charge in [0.15, 0.2) is 0 Å². The van der Waals surface area contributed by atoms with Gasteiger partial charge in [-0.2, -0.15) is 0 Å². The van der Waals surface area contributed by atoms with E-state index in [0.29, 0.717) is 23.0 Å². The van der Waals surface area contributed by atoms with E-state index in [0.717, 1.165) is 30.6 Å². The van der Waals surface area contributed by atoms with Gasteiger partial charge in [0.25, 0.3) is 0 Å². The molecule has 4 aliphatic rings. The van der Waals surface area contributed by atoms with E-state index in [2.05, 4.69) is 19.8 Å². The van der Waals surface area contributed by atoms with Crippen LogP contribution >= 0.6 is 0 Å². The molecule has 4 saturated carbocycles. The molecule has 0 bridgehead atoms. The lowest BCUT2D eigenvalue weighted by Crippen LogP contribution is -2.53. The van der Waals surface area contributed by atoms with E-state index in [4.69, 9.17) is 6.42 Å². The van der Waals surface area contributed by atoms with Crippen molar-refractivity contribution < 1.29 is 4.79 Å². The average molecular weight is 298 g/mol. The molecule has 0 radical (unpaired) electrons. The topological polar surface area (TPSA) is 17.1 Å². The first kappa shape index (κ1) is 14.8. The van der Waals surface area contributed by atoms with Gasteiger partial charge in [0.05, 0.1) is 0 Å². The highest BCUT2D eigenvalue weighted by Crippen LogP contribution is 2.65. The number of carbonyl (C=O) groups is 1. The zero-order valence-electron chi connectivity index (χ0n) is 14.2. The first-order valence-electron chi connectivity index (χ1n) is 9.48. The minimum atomic E-state index is 0.0282. The molecule has 4 rings (SSSR count). The molecule has 0 aromatic carbocycles. The summed E-state index contributed by atoms with van der Waals surface area (Å²) in [5.74, 6) is 7.31. The molecule has 0 saturated heterocycles. The lowest BCUT2D eigenvalue weighted by Gasteiger charge is -2.60. The summed E-state index contributed by atoms with van der Waals surface area (Å²) in [6.07, 6.45) is 16.7. The Morgan fingerprint density at radius 2 is 1.86 bits per heavy atom. The first-order valence-corrected chi connectivity index (χ1v) is 9.48. The number of terminal acetylenes is 1. The number of hydrogen-bond acceptors (Lipinski definition) is 1. The molecule has 7 atom stereocenters. The Bertz CT molecular complexity index is 529. The molecule has 0 aliphatic heterocycles. The zero-order valence-corrected chi connectivity index (χ0v) is 14.2. The number of rotatable bonds is 0. The molecule has 2 unspecified atom stereocenters. The summed E-state index contributed by atoms with van der Waals surface area (Å²) in [7, 11) is 0. The summed E-state index contributed by atoms with van der Waals surface area (Å²) in [6, 6.07) is 0. The molecule has 0 aromatic heterocycles. The third-order valence-corrected chi connectivity index (χ3v) is 8.61. The number of ketones is 1. The van der Waals surface area contributed by atoms with Crippen LogP contribution in [0.5, 0.6) is 0 Å². The Morgan fingerprint density at radius 1 is 1.05 bits per heavy atom. The molecule has 0 aromatic rings. The standard InChI is InChI=1S/C21H30O/c1-4-14-9-11-20(2)15(13-14)5-6-16-17-7-8-19(22)21(17,3)12-10-18(16)20/h1,14-18H,5-13H2,2-3H3/t14?,15?,16-,17-,18+,20-,21-/m0/s1. The van der Waals surface area contributed by atoms with Gasteiger partial charge in [-0.3, -0.25) is 4.79 Å². The van der Waals surface area contributed by atoms with Crippen LogP contribution in [-0.4, -0.2) is 5.78 Å². The molecule has 22 heavy (non-hydrogen) atoms. The summed E-state index contributed by atoms with van der Waals surface area (Å²) in [5, 5.41) is 0. The van der Waals surface area contributed by atoms with E-state index >= 15 is 0 Å². The molecule has 0 N–H and O–H groups in total. The maximum absolute atomic E-state index is 12.4. The van der Waals surface area contributed by atoms with Crippen LogP contribution in [0.4, 0.5) is 0 Å². The highest BCUT2D eigenvalue weighted by molar-refractivity contribution is 5.87. The summed E-state index contributed by atoms with van der Waals surface area (Å²) in [6.45, 7) is 4.85. The molecule has 4 fully saturated rings. The molecule has 0 spiro atoms. The predicted octanol–water partition coefficient (Wildman–Crippen LogP) is 4.85. The molecule has 0 heterocycles. The first-order chi connectivity index (χ1) is 10.5. The van der Waals surface area contributed by atoms with Crippen molar-refractivity contribution in [2.24, 2.45) is 40.4 Å². The van der Waals surface area contributed by atoms with Crippen molar-refractivity contribution in [2.75, 3.05) is 0 Å². The molecule has 120 valence electrons. The summed E-state index contributed by atoms with van der Waals surface area (Å²) in [5.41, 5.74) is 0.531. The van der Waals surface area contributed by atoms with Gasteiger partial charge in [-0.25, -0.2) is 0 Å². The van der Waals surface area contributed by atoms with Crippen molar-refractivity contribution in [2.45, 2.75) is 71.6 Å². The maximum atomic E-state index is 12.4. The summed E-state index contributed by atoms with van der Waals surface area (Å²) >= 11 is 0. The van der Waals surface area contributed by atoms with Crippen LogP contribution in [0.2, 0.25) is 0 Å². The highest BCUT2D eigenvalue weighted by Gasteiger charge is 2.60. The normalized spacial score (nSPS) is 54.0. The number of hydrogen-bond donors (Lipinski definition) is 0. The second-order valence-corrected chi connectivity index (χ2v) is 9.21. The van der Waals surface area contributed by atoms with Crippen molar-refractivity contribution in [3.63, 3.8) is 0 Å². The lowest BCUT2D eigenvalue weighted by molar-refractivity contribution is -0.139. The largest absolute Gasteiger partial charge is 0.299 e. The number of Topliss-reactive ketones (excluding diaryl/α,β-unsaturated/α-hetero) is 1. The minimum absolute atomic E-state index is 0.0282. The predicted molar refractivity (Wildman–Crippen MR) is 89.1 cm³/mol. The minimum Gasteiger partial charge on any atom is -0.299 e. The maximum Gasteiger partial charge on any atom is 0.139 e. The molecular weight excluding hydrogens is 268 g/mol. The van der Waals surface area contributed by atoms with Gasteiger partial charge < -0.3 is 0 Å². The van der Waals surface area contributed by atoms with Crippen molar-refractivity contribution in [1.82, 2.24) is 0 Å². The smallest absolute Gasteiger partial charge is 0.139 e. The Kier molecular flexibility index (Phi) is 3.27. The van der Waals surface area contributed by atoms with Crippen LogP contribution < -0.4 is 0 Å². The SMILES string of the molecule is C#CC1CC[C@@]2(C)C(CC[C@@H]3[C@H]2CC[C@]2(C)C(=O)CC[C@@H]32)C1. The zero-order chi connectivity index (χ0) is 15.5. The van der Waals surface area contributed by atoms with Gasteiger partial charge in [0.1, 0.15) is 5.78 Å². The third kappa shape index (κ3) is 1.82. The molecule has 4 aliphatic carbocycles. The fourth-order valence-corrected chi connectivity index (χ4v) is 7.18. The van der Waals surface area contributed by atoms with Crippen molar-refractivity contribution in [3.8, 4) is 12.3 Å². The van der Waals surface area contributed by atoms with Crippen LogP contribution in [0.3, 0.4) is 0 Å². The van der Waals surface area contributed by atoms with Gasteiger partial charge in [-0.05, 0) is 80.5 Å². The highest BCUT2D eigenvalue weighted by atomic mass is 16.1. The second kappa shape index (κ2) is 4.86. The number of carbonyl (C=O) groups excluding carboxylic acids is 1. The van der Waals surface area contributed by atoms with Gasteiger partial charge in [-0.1, -0.05) is 13.8 Å². The quantitative estimate of drug-likeness (QED) is 0.584. The Hall–Kier alpha value is -0.770. The van der Waals surface area contributed by atoms with Crippen molar-refractivity contribution in [3.05, 3.63) is 0 Å². The Balaban J connectivity index is 1.62. The van der Waals surface area contributed by atoms with Gasteiger partial charge in [0, 0.05) is 17.8 Å². The molecule has 1 nitrogen and oxygen atoms in total. The lowest BCUT2D eigenvalue weighted by atomic mass is 9.45. The van der Waals surface area contributed by atoms with E-state index in [1.807, 2.05) is 0 Å². The van der Waals surface area contributed by atoms with Crippen LogP contribution in [0, 0.1) is 52.8 Å². The monoisotopic (exact) mass is 298 g/mol. The van der Waals surface area contributed by atoms with E-state index in [1.165, 1.54) is 44.9 Å². The van der Waals surface area contributed by atoms with Crippen LogP contribution in [0.25, 0.3) is 0 Å². The van der Waals surface area contributed by atoms with Crippen LogP contribution in [0.15, 0.2) is 0 Å². The average Bonchev–Trinajstić information content (AvgIpc) is 2.82. The summed E-state index contributed by atoms with van der Waals surface area (Å²) in [4.78, 5) is 12.4. The van der Waals surface area contributed by atoms with E-state index in [1.54, 1.807) is 0 Å². The van der Waals surface area contributed by atoms with Gasteiger partial charge >= 0.3 is 0 Å².